The van der Waals surface area contributed by atoms with Crippen LogP contribution in [-0.2, 0) is 4.79 Å². The van der Waals surface area contributed by atoms with Crippen molar-refractivity contribution >= 4 is 23.4 Å². The molecule has 8 nitrogen and oxygen atoms in total. The van der Waals surface area contributed by atoms with Gasteiger partial charge in [0.15, 0.2) is 5.03 Å². The SMILES string of the molecule is COc1ccc(C)cc1NC(=O)CSc1n[nH]c(=O)[nH]c1=O. The zero-order valence-corrected chi connectivity index (χ0v) is 12.7. The van der Waals surface area contributed by atoms with E-state index in [1.54, 1.807) is 12.1 Å². The second kappa shape index (κ2) is 6.94. The predicted molar refractivity (Wildman–Crippen MR) is 82.6 cm³/mol. The molecule has 0 radical (unpaired) electrons. The van der Waals surface area contributed by atoms with Crippen LogP contribution in [0, 0.1) is 6.92 Å². The van der Waals surface area contributed by atoms with Crippen LogP contribution in [0.15, 0.2) is 32.8 Å². The van der Waals surface area contributed by atoms with Crippen LogP contribution in [-0.4, -0.2) is 34.0 Å². The van der Waals surface area contributed by atoms with Gasteiger partial charge in [-0.25, -0.2) is 9.89 Å². The Morgan fingerprint density at radius 2 is 2.18 bits per heavy atom. The Hall–Kier alpha value is -2.55. The van der Waals surface area contributed by atoms with E-state index in [1.165, 1.54) is 7.11 Å². The highest BCUT2D eigenvalue weighted by atomic mass is 32.2. The average Bonchev–Trinajstić information content (AvgIpc) is 2.46. The van der Waals surface area contributed by atoms with Crippen molar-refractivity contribution in [2.24, 2.45) is 0 Å². The number of aromatic amines is 2. The molecule has 0 spiro atoms. The van der Waals surface area contributed by atoms with Crippen LogP contribution in [0.2, 0.25) is 0 Å². The molecule has 9 heteroatoms. The number of hydrogen-bond donors (Lipinski definition) is 3. The molecule has 0 aliphatic rings. The van der Waals surface area contributed by atoms with Gasteiger partial charge in [-0.1, -0.05) is 17.8 Å². The molecule has 1 amide bonds. The van der Waals surface area contributed by atoms with E-state index in [2.05, 4.69) is 15.5 Å². The maximum Gasteiger partial charge on any atom is 0.342 e. The van der Waals surface area contributed by atoms with Crippen LogP contribution in [0.4, 0.5) is 5.69 Å². The summed E-state index contributed by atoms with van der Waals surface area (Å²) in [4.78, 5) is 36.3. The number of aryl methyl sites for hydroxylation is 1. The number of nitrogens with one attached hydrogen (secondary N) is 3. The Morgan fingerprint density at radius 1 is 1.41 bits per heavy atom. The van der Waals surface area contributed by atoms with Crippen LogP contribution in [0.25, 0.3) is 0 Å². The first-order valence-corrected chi connectivity index (χ1v) is 7.24. The fraction of sp³-hybridized carbons (Fsp3) is 0.231. The predicted octanol–water partition coefficient (Wildman–Crippen LogP) is 0.506. The summed E-state index contributed by atoms with van der Waals surface area (Å²) in [6.07, 6.45) is 0. The lowest BCUT2D eigenvalue weighted by Gasteiger charge is -2.10. The fourth-order valence-electron chi connectivity index (χ4n) is 1.67. The molecular weight excluding hydrogens is 308 g/mol. The van der Waals surface area contributed by atoms with Crippen molar-refractivity contribution in [3.63, 3.8) is 0 Å². The number of amides is 1. The van der Waals surface area contributed by atoms with E-state index in [0.29, 0.717) is 11.4 Å². The highest BCUT2D eigenvalue weighted by molar-refractivity contribution is 7.99. The number of H-pyrrole nitrogens is 2. The number of ether oxygens (including phenoxy) is 1. The molecule has 1 heterocycles. The number of rotatable bonds is 5. The number of aromatic nitrogens is 3. The Morgan fingerprint density at radius 3 is 2.86 bits per heavy atom. The summed E-state index contributed by atoms with van der Waals surface area (Å²) in [5, 5.41) is 8.41. The Labute approximate surface area is 129 Å². The molecule has 0 aliphatic carbocycles. The second-order valence-corrected chi connectivity index (χ2v) is 5.32. The van der Waals surface area contributed by atoms with Gasteiger partial charge in [0.25, 0.3) is 5.56 Å². The van der Waals surface area contributed by atoms with E-state index < -0.39 is 11.2 Å². The maximum atomic E-state index is 11.9. The van der Waals surface area contributed by atoms with Gasteiger partial charge in [-0.3, -0.25) is 14.6 Å². The summed E-state index contributed by atoms with van der Waals surface area (Å²) >= 11 is 0.923. The van der Waals surface area contributed by atoms with Gasteiger partial charge in [0.1, 0.15) is 5.75 Å². The lowest BCUT2D eigenvalue weighted by atomic mass is 10.2. The molecule has 0 bridgehead atoms. The van der Waals surface area contributed by atoms with Crippen molar-refractivity contribution in [2.45, 2.75) is 11.9 Å². The van der Waals surface area contributed by atoms with Crippen LogP contribution in [0.1, 0.15) is 5.56 Å². The molecule has 116 valence electrons. The van der Waals surface area contributed by atoms with E-state index in [4.69, 9.17) is 4.74 Å². The molecule has 0 unspecified atom stereocenters. The summed E-state index contributed by atoms with van der Waals surface area (Å²) < 4.78 is 5.17. The van der Waals surface area contributed by atoms with Gasteiger partial charge in [0.2, 0.25) is 5.91 Å². The Bertz CT molecular complexity index is 799. The molecule has 0 saturated heterocycles. The number of nitrogens with zero attached hydrogens (tertiary/aromatic N) is 1. The highest BCUT2D eigenvalue weighted by Crippen LogP contribution is 2.25. The number of anilines is 1. The van der Waals surface area contributed by atoms with E-state index in [1.807, 2.05) is 18.0 Å². The van der Waals surface area contributed by atoms with Gasteiger partial charge in [-0.15, -0.1) is 0 Å². The normalized spacial score (nSPS) is 10.3. The van der Waals surface area contributed by atoms with Crippen molar-refractivity contribution in [3.05, 3.63) is 44.6 Å². The van der Waals surface area contributed by atoms with E-state index in [0.717, 1.165) is 17.3 Å². The zero-order valence-electron chi connectivity index (χ0n) is 11.9. The number of carbonyl (C=O) groups excluding carboxylic acids is 1. The van der Waals surface area contributed by atoms with Crippen LogP contribution < -0.4 is 21.3 Å². The zero-order chi connectivity index (χ0) is 16.1. The van der Waals surface area contributed by atoms with Gasteiger partial charge in [0.05, 0.1) is 18.6 Å². The number of hydrogen-bond acceptors (Lipinski definition) is 6. The van der Waals surface area contributed by atoms with Crippen molar-refractivity contribution in [2.75, 3.05) is 18.2 Å². The van der Waals surface area contributed by atoms with Crippen molar-refractivity contribution < 1.29 is 9.53 Å². The van der Waals surface area contributed by atoms with Crippen LogP contribution in [0.3, 0.4) is 0 Å². The minimum absolute atomic E-state index is 0.0194. The third-order valence-corrected chi connectivity index (χ3v) is 3.61. The van der Waals surface area contributed by atoms with Crippen molar-refractivity contribution in [1.82, 2.24) is 15.2 Å². The maximum absolute atomic E-state index is 11.9. The standard InChI is InChI=1S/C13H14N4O4S/c1-7-3-4-9(21-2)8(5-7)14-10(18)6-22-12-11(19)15-13(20)17-16-12/h3-5H,6H2,1-2H3,(H,14,18)(H2,15,17,19,20). The number of carbonyl (C=O) groups is 1. The van der Waals surface area contributed by atoms with Gasteiger partial charge in [-0.2, -0.15) is 5.10 Å². The van der Waals surface area contributed by atoms with E-state index in [9.17, 15) is 14.4 Å². The average molecular weight is 322 g/mol. The first-order chi connectivity index (χ1) is 10.5. The van der Waals surface area contributed by atoms with Gasteiger partial charge >= 0.3 is 5.69 Å². The van der Waals surface area contributed by atoms with E-state index in [-0.39, 0.29) is 16.7 Å². The Kier molecular flexibility index (Phi) is 4.99. The molecule has 0 fully saturated rings. The smallest absolute Gasteiger partial charge is 0.342 e. The molecule has 0 aliphatic heterocycles. The molecule has 0 atom stereocenters. The van der Waals surface area contributed by atoms with Crippen molar-refractivity contribution in [3.8, 4) is 5.75 Å². The second-order valence-electron chi connectivity index (χ2n) is 4.35. The Balaban J connectivity index is 2.03. The molecule has 1 aromatic heterocycles. The van der Waals surface area contributed by atoms with Gasteiger partial charge in [0, 0.05) is 0 Å². The summed E-state index contributed by atoms with van der Waals surface area (Å²) in [7, 11) is 1.51. The molecule has 22 heavy (non-hydrogen) atoms. The minimum atomic E-state index is -0.691. The topological polar surface area (TPSA) is 117 Å². The van der Waals surface area contributed by atoms with Gasteiger partial charge in [-0.05, 0) is 24.6 Å². The minimum Gasteiger partial charge on any atom is -0.495 e. The lowest BCUT2D eigenvalue weighted by molar-refractivity contribution is -0.113. The largest absolute Gasteiger partial charge is 0.495 e. The molecule has 1 aromatic carbocycles. The quantitative estimate of drug-likeness (QED) is 0.690. The molecule has 2 aromatic rings. The van der Waals surface area contributed by atoms with E-state index >= 15 is 0 Å². The number of benzene rings is 1. The van der Waals surface area contributed by atoms with Crippen molar-refractivity contribution in [1.29, 1.82) is 0 Å². The summed E-state index contributed by atoms with van der Waals surface area (Å²) in [5.41, 5.74) is 0.205. The summed E-state index contributed by atoms with van der Waals surface area (Å²) in [5.74, 6) is 0.199. The fourth-order valence-corrected chi connectivity index (χ4v) is 2.31. The highest BCUT2D eigenvalue weighted by Gasteiger charge is 2.10. The first kappa shape index (κ1) is 15.8. The molecular formula is C13H14N4O4S. The monoisotopic (exact) mass is 322 g/mol. The number of methoxy groups -OCH3 is 1. The summed E-state index contributed by atoms with van der Waals surface area (Å²) in [6.45, 7) is 1.90. The van der Waals surface area contributed by atoms with Crippen LogP contribution in [0.5, 0.6) is 5.75 Å². The third kappa shape index (κ3) is 3.98. The number of thioether (sulfide) groups is 1. The van der Waals surface area contributed by atoms with Gasteiger partial charge < -0.3 is 10.1 Å². The van der Waals surface area contributed by atoms with Crippen LogP contribution >= 0.6 is 11.8 Å². The summed E-state index contributed by atoms with van der Waals surface area (Å²) in [6, 6.07) is 5.41. The molecule has 2 rings (SSSR count). The first-order valence-electron chi connectivity index (χ1n) is 6.26. The lowest BCUT2D eigenvalue weighted by Crippen LogP contribution is -2.25. The third-order valence-electron chi connectivity index (χ3n) is 2.65. The molecule has 3 N–H and O–H groups in total. The molecule has 0 saturated carbocycles.